The highest BCUT2D eigenvalue weighted by Crippen LogP contribution is 2.16. The SMILES string of the molecule is Nc1ccc(=O)n(CC(=O)Nc2ccccc2I)c1. The van der Waals surface area contributed by atoms with Gasteiger partial charge in [-0.2, -0.15) is 0 Å². The van der Waals surface area contributed by atoms with Crippen LogP contribution in [-0.2, 0) is 11.3 Å². The number of hydrogen-bond donors (Lipinski definition) is 2. The molecular weight excluding hydrogens is 357 g/mol. The van der Waals surface area contributed by atoms with Crippen LogP contribution in [0.3, 0.4) is 0 Å². The first-order chi connectivity index (χ1) is 9.06. The van der Waals surface area contributed by atoms with Crippen molar-refractivity contribution < 1.29 is 4.79 Å². The molecule has 3 N–H and O–H groups in total. The highest BCUT2D eigenvalue weighted by atomic mass is 127. The molecule has 0 spiro atoms. The summed E-state index contributed by atoms with van der Waals surface area (Å²) in [6.45, 7) is -0.0607. The molecule has 1 heterocycles. The van der Waals surface area contributed by atoms with Crippen LogP contribution >= 0.6 is 22.6 Å². The minimum absolute atomic E-state index is 0.0607. The molecule has 0 unspecified atom stereocenters. The van der Waals surface area contributed by atoms with Gasteiger partial charge in [-0.25, -0.2) is 0 Å². The first kappa shape index (κ1) is 13.6. The molecule has 0 aliphatic heterocycles. The summed E-state index contributed by atoms with van der Waals surface area (Å²) in [5.41, 5.74) is 6.50. The average molecular weight is 369 g/mol. The largest absolute Gasteiger partial charge is 0.398 e. The molecule has 19 heavy (non-hydrogen) atoms. The monoisotopic (exact) mass is 369 g/mol. The van der Waals surface area contributed by atoms with Gasteiger partial charge in [0, 0.05) is 21.5 Å². The third kappa shape index (κ3) is 3.57. The Labute approximate surface area is 123 Å². The summed E-state index contributed by atoms with van der Waals surface area (Å²) < 4.78 is 2.22. The number of nitrogens with two attached hydrogens (primary N) is 1. The van der Waals surface area contributed by atoms with Crippen molar-refractivity contribution in [2.45, 2.75) is 6.54 Å². The predicted octanol–water partition coefficient (Wildman–Crippen LogP) is 1.67. The van der Waals surface area contributed by atoms with E-state index in [0.29, 0.717) is 5.69 Å². The van der Waals surface area contributed by atoms with E-state index >= 15 is 0 Å². The Hall–Kier alpha value is -1.83. The number of nitrogens with one attached hydrogen (secondary N) is 1. The number of carbonyl (C=O) groups is 1. The smallest absolute Gasteiger partial charge is 0.251 e. The number of benzene rings is 1. The molecule has 0 saturated carbocycles. The molecule has 0 aliphatic rings. The lowest BCUT2D eigenvalue weighted by molar-refractivity contribution is -0.116. The number of nitrogens with zero attached hydrogens (tertiary/aromatic N) is 1. The average Bonchev–Trinajstić information content (AvgIpc) is 2.37. The van der Waals surface area contributed by atoms with Crippen LogP contribution in [0.1, 0.15) is 0 Å². The third-order valence-corrected chi connectivity index (χ3v) is 3.41. The van der Waals surface area contributed by atoms with E-state index in [4.69, 9.17) is 5.73 Å². The van der Waals surface area contributed by atoms with Crippen LogP contribution in [0.2, 0.25) is 0 Å². The molecule has 5 nitrogen and oxygen atoms in total. The number of anilines is 2. The Morgan fingerprint density at radius 2 is 2.00 bits per heavy atom. The topological polar surface area (TPSA) is 77.1 Å². The third-order valence-electron chi connectivity index (χ3n) is 2.47. The number of pyridine rings is 1. The molecular formula is C13H12IN3O2. The predicted molar refractivity (Wildman–Crippen MR) is 82.9 cm³/mol. The van der Waals surface area contributed by atoms with Gasteiger partial charge in [0.1, 0.15) is 6.54 Å². The summed E-state index contributed by atoms with van der Waals surface area (Å²) in [6.07, 6.45) is 1.46. The molecule has 1 aromatic carbocycles. The van der Waals surface area contributed by atoms with Gasteiger partial charge in [-0.3, -0.25) is 9.59 Å². The molecule has 6 heteroatoms. The highest BCUT2D eigenvalue weighted by molar-refractivity contribution is 14.1. The molecule has 1 amide bonds. The number of nitrogen functional groups attached to an aromatic ring is 1. The van der Waals surface area contributed by atoms with Gasteiger partial charge in [0.15, 0.2) is 0 Å². The van der Waals surface area contributed by atoms with Crippen molar-refractivity contribution in [1.82, 2.24) is 4.57 Å². The van der Waals surface area contributed by atoms with Crippen molar-refractivity contribution in [1.29, 1.82) is 0 Å². The molecule has 2 aromatic rings. The van der Waals surface area contributed by atoms with E-state index in [2.05, 4.69) is 27.9 Å². The Bertz CT molecular complexity index is 667. The zero-order valence-corrected chi connectivity index (χ0v) is 12.1. The van der Waals surface area contributed by atoms with E-state index < -0.39 is 0 Å². The van der Waals surface area contributed by atoms with Crippen LogP contribution in [-0.4, -0.2) is 10.5 Å². The molecule has 98 valence electrons. The first-order valence-electron chi connectivity index (χ1n) is 5.56. The molecule has 0 saturated heterocycles. The van der Waals surface area contributed by atoms with Gasteiger partial charge < -0.3 is 15.6 Å². The lowest BCUT2D eigenvalue weighted by atomic mass is 10.3. The number of amides is 1. The second-order valence-electron chi connectivity index (χ2n) is 3.96. The summed E-state index contributed by atoms with van der Waals surface area (Å²) in [7, 11) is 0. The zero-order valence-electron chi connectivity index (χ0n) is 9.97. The normalized spacial score (nSPS) is 10.2. The maximum Gasteiger partial charge on any atom is 0.251 e. The number of hydrogen-bond acceptors (Lipinski definition) is 3. The maximum atomic E-state index is 11.9. The van der Waals surface area contributed by atoms with Crippen LogP contribution in [0.4, 0.5) is 11.4 Å². The quantitative estimate of drug-likeness (QED) is 0.809. The Morgan fingerprint density at radius 1 is 1.26 bits per heavy atom. The van der Waals surface area contributed by atoms with E-state index in [1.165, 1.54) is 22.9 Å². The zero-order chi connectivity index (χ0) is 13.8. The lowest BCUT2D eigenvalue weighted by Crippen LogP contribution is -2.27. The summed E-state index contributed by atoms with van der Waals surface area (Å²) in [5.74, 6) is -0.267. The Balaban J connectivity index is 2.12. The minimum atomic E-state index is -0.267. The first-order valence-corrected chi connectivity index (χ1v) is 6.64. The van der Waals surface area contributed by atoms with E-state index in [-0.39, 0.29) is 18.0 Å². The van der Waals surface area contributed by atoms with Crippen LogP contribution in [0.15, 0.2) is 47.4 Å². The van der Waals surface area contributed by atoms with Gasteiger partial charge >= 0.3 is 0 Å². The van der Waals surface area contributed by atoms with Crippen molar-refractivity contribution in [2.24, 2.45) is 0 Å². The van der Waals surface area contributed by atoms with Crippen molar-refractivity contribution in [3.63, 3.8) is 0 Å². The van der Waals surface area contributed by atoms with E-state index in [1.807, 2.05) is 24.3 Å². The minimum Gasteiger partial charge on any atom is -0.398 e. The Morgan fingerprint density at radius 3 is 2.74 bits per heavy atom. The van der Waals surface area contributed by atoms with Crippen LogP contribution < -0.4 is 16.6 Å². The van der Waals surface area contributed by atoms with Gasteiger partial charge in [0.05, 0.1) is 5.69 Å². The number of rotatable bonds is 3. The molecule has 2 rings (SSSR count). The summed E-state index contributed by atoms with van der Waals surface area (Å²) in [4.78, 5) is 23.4. The van der Waals surface area contributed by atoms with Crippen molar-refractivity contribution in [2.75, 3.05) is 11.1 Å². The van der Waals surface area contributed by atoms with Gasteiger partial charge in [0.2, 0.25) is 5.91 Å². The van der Waals surface area contributed by atoms with E-state index in [1.54, 1.807) is 0 Å². The summed E-state index contributed by atoms with van der Waals surface area (Å²) >= 11 is 2.13. The molecule has 0 atom stereocenters. The fourth-order valence-corrected chi connectivity index (χ4v) is 2.10. The summed E-state index contributed by atoms with van der Waals surface area (Å²) in [5, 5.41) is 2.76. The van der Waals surface area contributed by atoms with E-state index in [9.17, 15) is 9.59 Å². The second-order valence-corrected chi connectivity index (χ2v) is 5.12. The van der Waals surface area contributed by atoms with Gasteiger partial charge in [-0.1, -0.05) is 12.1 Å². The Kier molecular flexibility index (Phi) is 4.20. The van der Waals surface area contributed by atoms with Gasteiger partial charge in [-0.15, -0.1) is 0 Å². The second kappa shape index (κ2) is 5.87. The maximum absolute atomic E-state index is 11.9. The molecule has 0 bridgehead atoms. The standard InChI is InChI=1S/C13H12IN3O2/c14-10-3-1-2-4-11(10)16-12(18)8-17-7-9(15)5-6-13(17)19/h1-7H,8,15H2,(H,16,18). The number of para-hydroxylation sites is 1. The number of carbonyl (C=O) groups excluding carboxylic acids is 1. The van der Waals surface area contributed by atoms with Gasteiger partial charge in [0.25, 0.3) is 5.56 Å². The molecule has 0 radical (unpaired) electrons. The summed E-state index contributed by atoms with van der Waals surface area (Å²) in [6, 6.07) is 10.3. The van der Waals surface area contributed by atoms with Crippen LogP contribution in [0.5, 0.6) is 0 Å². The van der Waals surface area contributed by atoms with Crippen molar-refractivity contribution in [3.05, 3.63) is 56.5 Å². The van der Waals surface area contributed by atoms with Crippen LogP contribution in [0.25, 0.3) is 0 Å². The number of halogens is 1. The van der Waals surface area contributed by atoms with Crippen LogP contribution in [0, 0.1) is 3.57 Å². The van der Waals surface area contributed by atoms with Crippen molar-refractivity contribution in [3.8, 4) is 0 Å². The molecule has 1 aromatic heterocycles. The van der Waals surface area contributed by atoms with E-state index in [0.717, 1.165) is 9.26 Å². The molecule has 0 aliphatic carbocycles. The lowest BCUT2D eigenvalue weighted by Gasteiger charge is -2.09. The van der Waals surface area contributed by atoms with Crippen molar-refractivity contribution >= 4 is 39.9 Å². The fraction of sp³-hybridized carbons (Fsp3) is 0.0769. The fourth-order valence-electron chi connectivity index (χ4n) is 1.58. The molecule has 0 fully saturated rings. The number of aromatic nitrogens is 1. The highest BCUT2D eigenvalue weighted by Gasteiger charge is 2.07. The van der Waals surface area contributed by atoms with Gasteiger partial charge in [-0.05, 0) is 40.8 Å².